The first kappa shape index (κ1) is 14.6. The Morgan fingerprint density at radius 3 is 2.88 bits per heavy atom. The lowest BCUT2D eigenvalue weighted by atomic mass is 10.1. The highest BCUT2D eigenvalue weighted by Crippen LogP contribution is 2.31. The van der Waals surface area contributed by atoms with E-state index in [1.807, 2.05) is 43.3 Å². The molecule has 0 aliphatic carbocycles. The number of hydrogen-bond acceptors (Lipinski definition) is 4. The van der Waals surface area contributed by atoms with E-state index < -0.39 is 0 Å². The number of fused-ring (bicyclic) bond motifs is 2. The smallest absolute Gasteiger partial charge is 0.230 e. The highest BCUT2D eigenvalue weighted by Gasteiger charge is 2.14. The monoisotopic (exact) mass is 323 g/mol. The van der Waals surface area contributed by atoms with Crippen LogP contribution in [0.1, 0.15) is 11.1 Å². The van der Waals surface area contributed by atoms with Gasteiger partial charge in [-0.05, 0) is 42.3 Å². The summed E-state index contributed by atoms with van der Waals surface area (Å²) in [5.41, 5.74) is 2.91. The molecule has 122 valence electrons. The fourth-order valence-corrected chi connectivity index (χ4v) is 2.79. The zero-order valence-electron chi connectivity index (χ0n) is 13.3. The van der Waals surface area contributed by atoms with Crippen LogP contribution in [0, 0.1) is 6.92 Å². The molecule has 4 rings (SSSR count). The van der Waals surface area contributed by atoms with Crippen molar-refractivity contribution in [2.45, 2.75) is 13.3 Å². The number of aromatic nitrogens is 2. The highest BCUT2D eigenvalue weighted by atomic mass is 16.6. The van der Waals surface area contributed by atoms with Crippen molar-refractivity contribution in [3.63, 3.8) is 0 Å². The van der Waals surface area contributed by atoms with Gasteiger partial charge in [-0.2, -0.15) is 5.10 Å². The van der Waals surface area contributed by atoms with Crippen molar-refractivity contribution in [1.82, 2.24) is 10.2 Å². The molecule has 6 nitrogen and oxygen atoms in total. The molecule has 1 amide bonds. The summed E-state index contributed by atoms with van der Waals surface area (Å²) in [5.74, 6) is 1.83. The van der Waals surface area contributed by atoms with Crippen molar-refractivity contribution in [2.24, 2.45) is 0 Å². The van der Waals surface area contributed by atoms with E-state index in [1.165, 1.54) is 0 Å². The summed E-state index contributed by atoms with van der Waals surface area (Å²) in [5, 5.41) is 10.9. The number of benzene rings is 2. The van der Waals surface area contributed by atoms with E-state index in [0.717, 1.165) is 27.8 Å². The first-order valence-corrected chi connectivity index (χ1v) is 7.82. The Morgan fingerprint density at radius 2 is 2.00 bits per heavy atom. The van der Waals surface area contributed by atoms with E-state index in [2.05, 4.69) is 15.5 Å². The Morgan fingerprint density at radius 1 is 1.17 bits per heavy atom. The molecule has 1 aliphatic heterocycles. The van der Waals surface area contributed by atoms with Gasteiger partial charge in [0.05, 0.1) is 11.9 Å². The summed E-state index contributed by atoms with van der Waals surface area (Å²) in [6.07, 6.45) is 0.247. The molecule has 0 unspecified atom stereocenters. The number of hydrogen-bond donors (Lipinski definition) is 2. The van der Waals surface area contributed by atoms with Crippen molar-refractivity contribution in [3.8, 4) is 11.5 Å². The van der Waals surface area contributed by atoms with Crippen LogP contribution >= 0.6 is 0 Å². The van der Waals surface area contributed by atoms with Gasteiger partial charge in [0.25, 0.3) is 0 Å². The van der Waals surface area contributed by atoms with Crippen LogP contribution in [0.5, 0.6) is 11.5 Å². The van der Waals surface area contributed by atoms with Crippen LogP contribution in [0.4, 0.5) is 5.82 Å². The summed E-state index contributed by atoms with van der Waals surface area (Å²) in [6.45, 7) is 3.10. The molecule has 2 aromatic carbocycles. The Bertz CT molecular complexity index is 917. The second kappa shape index (κ2) is 5.88. The lowest BCUT2D eigenvalue weighted by Gasteiger charge is -2.18. The van der Waals surface area contributed by atoms with Crippen molar-refractivity contribution in [2.75, 3.05) is 18.5 Å². The summed E-state index contributed by atoms with van der Waals surface area (Å²) in [7, 11) is 0. The summed E-state index contributed by atoms with van der Waals surface area (Å²) in [6, 6.07) is 11.5. The molecule has 0 atom stereocenters. The molecule has 3 aromatic rings. The largest absolute Gasteiger partial charge is 0.486 e. The van der Waals surface area contributed by atoms with Gasteiger partial charge in [-0.15, -0.1) is 0 Å². The zero-order valence-corrected chi connectivity index (χ0v) is 13.3. The second-order valence-corrected chi connectivity index (χ2v) is 5.82. The van der Waals surface area contributed by atoms with Gasteiger partial charge in [0.1, 0.15) is 13.2 Å². The van der Waals surface area contributed by atoms with Crippen LogP contribution in [0.2, 0.25) is 0 Å². The molecule has 0 fully saturated rings. The van der Waals surface area contributed by atoms with Gasteiger partial charge in [-0.1, -0.05) is 12.1 Å². The zero-order chi connectivity index (χ0) is 16.5. The van der Waals surface area contributed by atoms with E-state index >= 15 is 0 Å². The maximum Gasteiger partial charge on any atom is 0.230 e. The number of aromatic amines is 1. The van der Waals surface area contributed by atoms with Gasteiger partial charge in [0.15, 0.2) is 17.3 Å². The fourth-order valence-electron chi connectivity index (χ4n) is 2.79. The minimum Gasteiger partial charge on any atom is -0.486 e. The Labute approximate surface area is 138 Å². The molecule has 0 radical (unpaired) electrons. The highest BCUT2D eigenvalue weighted by molar-refractivity contribution is 6.00. The molecule has 6 heteroatoms. The van der Waals surface area contributed by atoms with Gasteiger partial charge in [0, 0.05) is 5.39 Å². The lowest BCUT2D eigenvalue weighted by Crippen LogP contribution is -2.17. The first-order valence-electron chi connectivity index (χ1n) is 7.82. The maximum absolute atomic E-state index is 12.3. The van der Waals surface area contributed by atoms with Crippen molar-refractivity contribution < 1.29 is 14.3 Å². The van der Waals surface area contributed by atoms with Gasteiger partial charge >= 0.3 is 0 Å². The third-order valence-corrected chi connectivity index (χ3v) is 3.95. The molecule has 0 bridgehead atoms. The first-order chi connectivity index (χ1) is 11.7. The summed E-state index contributed by atoms with van der Waals surface area (Å²) >= 11 is 0. The van der Waals surface area contributed by atoms with E-state index in [4.69, 9.17) is 9.47 Å². The van der Waals surface area contributed by atoms with Crippen molar-refractivity contribution in [1.29, 1.82) is 0 Å². The molecule has 1 aromatic heterocycles. The molecular weight excluding hydrogens is 306 g/mol. The number of carbonyl (C=O) groups is 1. The third kappa shape index (κ3) is 2.78. The lowest BCUT2D eigenvalue weighted by molar-refractivity contribution is -0.115. The number of amides is 1. The fraction of sp³-hybridized carbons (Fsp3) is 0.222. The standard InChI is InChI=1S/C18H17N3O3/c1-11-2-4-13-14(8-11)20-21-18(13)19-17(22)10-12-3-5-15-16(9-12)24-7-6-23-15/h2-5,8-9H,6-7,10H2,1H3,(H2,19,20,21,22). The normalized spacial score (nSPS) is 13.0. The van der Waals surface area contributed by atoms with Crippen molar-refractivity contribution >= 4 is 22.6 Å². The number of anilines is 1. The van der Waals surface area contributed by atoms with Gasteiger partial charge in [-0.3, -0.25) is 9.89 Å². The van der Waals surface area contributed by atoms with E-state index in [-0.39, 0.29) is 12.3 Å². The van der Waals surface area contributed by atoms with Crippen LogP contribution < -0.4 is 14.8 Å². The average molecular weight is 323 g/mol. The average Bonchev–Trinajstić information content (AvgIpc) is 2.96. The second-order valence-electron chi connectivity index (χ2n) is 5.82. The van der Waals surface area contributed by atoms with E-state index in [0.29, 0.717) is 24.8 Å². The third-order valence-electron chi connectivity index (χ3n) is 3.95. The topological polar surface area (TPSA) is 76.2 Å². The molecule has 24 heavy (non-hydrogen) atoms. The van der Waals surface area contributed by atoms with E-state index in [1.54, 1.807) is 0 Å². The molecule has 1 aliphatic rings. The summed E-state index contributed by atoms with van der Waals surface area (Å²) in [4.78, 5) is 12.3. The molecular formula is C18H17N3O3. The maximum atomic E-state index is 12.3. The molecule has 2 N–H and O–H groups in total. The predicted molar refractivity (Wildman–Crippen MR) is 90.6 cm³/mol. The predicted octanol–water partition coefficient (Wildman–Crippen LogP) is 2.82. The number of H-pyrrole nitrogens is 1. The summed E-state index contributed by atoms with van der Waals surface area (Å²) < 4.78 is 11.0. The number of nitrogens with zero attached hydrogens (tertiary/aromatic N) is 1. The molecule has 0 saturated heterocycles. The van der Waals surface area contributed by atoms with Crippen LogP contribution in [-0.4, -0.2) is 29.3 Å². The Hall–Kier alpha value is -3.02. The Balaban J connectivity index is 1.50. The quantitative estimate of drug-likeness (QED) is 0.777. The Kier molecular flexibility index (Phi) is 3.57. The number of aryl methyl sites for hydroxylation is 1. The van der Waals surface area contributed by atoms with Crippen molar-refractivity contribution in [3.05, 3.63) is 47.5 Å². The van der Waals surface area contributed by atoms with Crippen LogP contribution in [-0.2, 0) is 11.2 Å². The number of nitrogens with one attached hydrogen (secondary N) is 2. The number of carbonyl (C=O) groups excluding carboxylic acids is 1. The van der Waals surface area contributed by atoms with Crippen LogP contribution in [0.25, 0.3) is 10.9 Å². The van der Waals surface area contributed by atoms with Crippen LogP contribution in [0.15, 0.2) is 36.4 Å². The number of ether oxygens (including phenoxy) is 2. The molecule has 0 spiro atoms. The van der Waals surface area contributed by atoms with Gasteiger partial charge < -0.3 is 14.8 Å². The van der Waals surface area contributed by atoms with E-state index in [9.17, 15) is 4.79 Å². The molecule has 0 saturated carbocycles. The van der Waals surface area contributed by atoms with Gasteiger partial charge in [-0.25, -0.2) is 0 Å². The van der Waals surface area contributed by atoms with Gasteiger partial charge in [0.2, 0.25) is 5.91 Å². The minimum atomic E-state index is -0.124. The number of rotatable bonds is 3. The molecule has 2 heterocycles. The minimum absolute atomic E-state index is 0.124. The van der Waals surface area contributed by atoms with Crippen LogP contribution in [0.3, 0.4) is 0 Å². The SMILES string of the molecule is Cc1ccc2c(NC(=O)Cc3ccc4c(c3)OCCO4)n[nH]c2c1.